The number of rotatable bonds is 5. The van der Waals surface area contributed by atoms with E-state index < -0.39 is 5.97 Å². The molecule has 1 aliphatic carbocycles. The van der Waals surface area contributed by atoms with Gasteiger partial charge in [0.1, 0.15) is 0 Å². The molecule has 0 N–H and O–H groups in total. The third-order valence-corrected chi connectivity index (χ3v) is 4.43. The maximum absolute atomic E-state index is 10.9. The number of ether oxygens (including phenoxy) is 2. The Bertz CT molecular complexity index is 675. The monoisotopic (exact) mass is 331 g/mol. The normalized spacial score (nSPS) is 20.6. The van der Waals surface area contributed by atoms with Gasteiger partial charge < -0.3 is 14.0 Å². The van der Waals surface area contributed by atoms with Crippen LogP contribution >= 0.6 is 0 Å². The summed E-state index contributed by atoms with van der Waals surface area (Å²) in [6.07, 6.45) is 9.01. The predicted octanol–water partition coefficient (Wildman–Crippen LogP) is 2.92. The Morgan fingerprint density at radius 3 is 2.58 bits per heavy atom. The Morgan fingerprint density at radius 2 is 1.96 bits per heavy atom. The van der Waals surface area contributed by atoms with E-state index in [1.54, 1.807) is 13.2 Å². The first kappa shape index (κ1) is 16.4. The minimum Gasteiger partial charge on any atom is -0.467 e. The van der Waals surface area contributed by atoms with Gasteiger partial charge in [-0.25, -0.2) is 9.97 Å². The molecule has 0 amide bonds. The maximum atomic E-state index is 10.9. The lowest BCUT2D eigenvalue weighted by Crippen LogP contribution is -2.15. The summed E-state index contributed by atoms with van der Waals surface area (Å²) in [6, 6.07) is 2.10. The number of aromatic nitrogens is 3. The molecule has 0 atom stereocenters. The Kier molecular flexibility index (Phi) is 5.08. The first-order valence-corrected chi connectivity index (χ1v) is 8.14. The number of nitrogens with zero attached hydrogens (tertiary/aromatic N) is 3. The first-order chi connectivity index (χ1) is 11.6. The topological polar surface area (TPSA) is 87.3 Å². The van der Waals surface area contributed by atoms with Crippen molar-refractivity contribution < 1.29 is 18.8 Å². The van der Waals surface area contributed by atoms with Crippen LogP contribution in [0, 0.1) is 5.92 Å². The van der Waals surface area contributed by atoms with Gasteiger partial charge in [0.25, 0.3) is 0 Å². The second-order valence-electron chi connectivity index (χ2n) is 6.16. The van der Waals surface area contributed by atoms with Crippen molar-refractivity contribution >= 4 is 5.97 Å². The van der Waals surface area contributed by atoms with Crippen LogP contribution in [0.2, 0.25) is 0 Å². The smallest absolute Gasteiger partial charge is 0.319 e. The van der Waals surface area contributed by atoms with Gasteiger partial charge in [-0.1, -0.05) is 5.16 Å². The van der Waals surface area contributed by atoms with Gasteiger partial charge in [-0.2, -0.15) is 0 Å². The Balaban J connectivity index is 1.51. The molecule has 0 bridgehead atoms. The van der Waals surface area contributed by atoms with Gasteiger partial charge in [0.15, 0.2) is 0 Å². The third-order valence-electron chi connectivity index (χ3n) is 4.43. The zero-order chi connectivity index (χ0) is 16.9. The molecule has 0 saturated heterocycles. The lowest BCUT2D eigenvalue weighted by molar-refractivity contribution is -0.133. The van der Waals surface area contributed by atoms with Gasteiger partial charge in [-0.05, 0) is 49.5 Å². The highest BCUT2D eigenvalue weighted by Crippen LogP contribution is 2.37. The number of hydrogen-bond acceptors (Lipinski definition) is 7. The molecule has 24 heavy (non-hydrogen) atoms. The van der Waals surface area contributed by atoms with Crippen LogP contribution in [0.1, 0.15) is 49.8 Å². The van der Waals surface area contributed by atoms with E-state index in [-0.39, 0.29) is 5.95 Å². The third kappa shape index (κ3) is 4.10. The van der Waals surface area contributed by atoms with E-state index in [4.69, 9.17) is 14.0 Å². The van der Waals surface area contributed by atoms with Crippen LogP contribution in [0.15, 0.2) is 23.0 Å². The summed E-state index contributed by atoms with van der Waals surface area (Å²) >= 11 is 0. The van der Waals surface area contributed by atoms with E-state index in [2.05, 4.69) is 15.1 Å². The summed E-state index contributed by atoms with van der Waals surface area (Å²) in [5.41, 5.74) is 2.01. The number of esters is 1. The van der Waals surface area contributed by atoms with Crippen LogP contribution in [0.25, 0.3) is 0 Å². The molecule has 1 fully saturated rings. The molecule has 1 aliphatic rings. The van der Waals surface area contributed by atoms with Gasteiger partial charge in [-0.15, -0.1) is 0 Å². The molecule has 7 heteroatoms. The summed E-state index contributed by atoms with van der Waals surface area (Å²) < 4.78 is 14.9. The average Bonchev–Trinajstić information content (AvgIpc) is 3.02. The van der Waals surface area contributed by atoms with E-state index in [1.807, 2.05) is 12.4 Å². The number of hydrogen-bond donors (Lipinski definition) is 0. The van der Waals surface area contributed by atoms with Crippen LogP contribution < -0.4 is 9.47 Å². The predicted molar refractivity (Wildman–Crippen MR) is 84.8 cm³/mol. The average molecular weight is 331 g/mol. The molecule has 2 aromatic rings. The van der Waals surface area contributed by atoms with E-state index in [0.717, 1.165) is 37.8 Å². The highest BCUT2D eigenvalue weighted by atomic mass is 16.6. The summed E-state index contributed by atoms with van der Waals surface area (Å²) in [5, 5.41) is 3.97. The summed E-state index contributed by atoms with van der Waals surface area (Å²) in [5.74, 6) is 0.832. The van der Waals surface area contributed by atoms with Gasteiger partial charge in [0.2, 0.25) is 0 Å². The second-order valence-corrected chi connectivity index (χ2v) is 6.16. The highest BCUT2D eigenvalue weighted by Gasteiger charge is 2.24. The standard InChI is InChI=1S/C17H21N3O4/c1-11(21)23-16-8-15(20-24-16)7-12-3-5-13(6-4-12)14-9-18-17(22-2)19-10-14/h8-10,12-13H,3-7H2,1-2H3. The highest BCUT2D eigenvalue weighted by molar-refractivity contribution is 5.68. The molecular formula is C17H21N3O4. The minimum absolute atomic E-state index is 0.168. The molecule has 0 aliphatic heterocycles. The number of carbonyl (C=O) groups excluding carboxylic acids is 1. The van der Waals surface area contributed by atoms with Gasteiger partial charge in [0.05, 0.1) is 12.8 Å². The molecule has 7 nitrogen and oxygen atoms in total. The van der Waals surface area contributed by atoms with Gasteiger partial charge >= 0.3 is 17.9 Å². The van der Waals surface area contributed by atoms with Crippen molar-refractivity contribution in [1.29, 1.82) is 0 Å². The Morgan fingerprint density at radius 1 is 1.25 bits per heavy atom. The van der Waals surface area contributed by atoms with E-state index in [0.29, 0.717) is 17.8 Å². The van der Waals surface area contributed by atoms with Crippen LogP contribution in [0.5, 0.6) is 12.0 Å². The lowest BCUT2D eigenvalue weighted by Gasteiger charge is -2.27. The van der Waals surface area contributed by atoms with Crippen molar-refractivity contribution in [3.63, 3.8) is 0 Å². The molecule has 1 saturated carbocycles. The van der Waals surface area contributed by atoms with E-state index in [9.17, 15) is 4.79 Å². The minimum atomic E-state index is -0.403. The first-order valence-electron chi connectivity index (χ1n) is 8.14. The maximum Gasteiger partial charge on any atom is 0.319 e. The van der Waals surface area contributed by atoms with Crippen LogP contribution in [-0.2, 0) is 11.2 Å². The van der Waals surface area contributed by atoms with Crippen molar-refractivity contribution in [1.82, 2.24) is 15.1 Å². The largest absolute Gasteiger partial charge is 0.467 e. The second kappa shape index (κ2) is 7.42. The quantitative estimate of drug-likeness (QED) is 0.778. The van der Waals surface area contributed by atoms with Gasteiger partial charge in [0, 0.05) is 25.4 Å². The van der Waals surface area contributed by atoms with Crippen LogP contribution in [-0.4, -0.2) is 28.2 Å². The summed E-state index contributed by atoms with van der Waals surface area (Å²) in [4.78, 5) is 19.3. The molecule has 0 aromatic carbocycles. The van der Waals surface area contributed by atoms with Crippen molar-refractivity contribution in [3.8, 4) is 12.0 Å². The molecule has 0 unspecified atom stereocenters. The van der Waals surface area contributed by atoms with E-state index >= 15 is 0 Å². The molecular weight excluding hydrogens is 310 g/mol. The van der Waals surface area contributed by atoms with Crippen LogP contribution in [0.3, 0.4) is 0 Å². The SMILES string of the molecule is COc1ncc(C2CCC(Cc3cc(OC(C)=O)on3)CC2)cn1. The zero-order valence-electron chi connectivity index (χ0n) is 13.9. The molecule has 3 rings (SSSR count). The van der Waals surface area contributed by atoms with Crippen molar-refractivity contribution in [2.45, 2.75) is 44.9 Å². The van der Waals surface area contributed by atoms with Crippen molar-refractivity contribution in [2.24, 2.45) is 5.92 Å². The summed E-state index contributed by atoms with van der Waals surface area (Å²) in [6.45, 7) is 1.34. The van der Waals surface area contributed by atoms with Crippen LogP contribution in [0.4, 0.5) is 0 Å². The lowest BCUT2D eigenvalue weighted by atomic mass is 9.78. The fourth-order valence-corrected chi connectivity index (χ4v) is 3.22. The molecule has 2 aromatic heterocycles. The van der Waals surface area contributed by atoms with E-state index in [1.165, 1.54) is 12.5 Å². The number of carbonyl (C=O) groups is 1. The van der Waals surface area contributed by atoms with Crippen molar-refractivity contribution in [3.05, 3.63) is 29.7 Å². The van der Waals surface area contributed by atoms with Gasteiger partial charge in [-0.3, -0.25) is 4.79 Å². The molecule has 0 radical (unpaired) electrons. The molecule has 2 heterocycles. The molecule has 128 valence electrons. The zero-order valence-corrected chi connectivity index (χ0v) is 13.9. The fraction of sp³-hybridized carbons (Fsp3) is 0.529. The fourth-order valence-electron chi connectivity index (χ4n) is 3.22. The Labute approximate surface area is 140 Å². The Hall–Kier alpha value is -2.44. The van der Waals surface area contributed by atoms with Crippen molar-refractivity contribution in [2.75, 3.05) is 7.11 Å². The summed E-state index contributed by atoms with van der Waals surface area (Å²) in [7, 11) is 1.57. The number of methoxy groups -OCH3 is 1. The molecule has 0 spiro atoms.